The van der Waals surface area contributed by atoms with Gasteiger partial charge >= 0.3 is 0 Å². The predicted octanol–water partition coefficient (Wildman–Crippen LogP) is 1.17. The van der Waals surface area contributed by atoms with Crippen LogP contribution in [0.15, 0.2) is 12.2 Å². The second-order valence-electron chi connectivity index (χ2n) is 28.5. The fourth-order valence-electron chi connectivity index (χ4n) is 13.9. The van der Waals surface area contributed by atoms with Crippen molar-refractivity contribution in [1.29, 1.82) is 0 Å². The first kappa shape index (κ1) is 90.3. The second-order valence-corrected chi connectivity index (χ2v) is 28.5. The molecule has 0 aromatic carbocycles. The Morgan fingerprint density at radius 1 is 0.382 bits per heavy atom. The van der Waals surface area contributed by atoms with Crippen molar-refractivity contribution in [3.8, 4) is 0 Å². The molecule has 0 aliphatic carbocycles. The van der Waals surface area contributed by atoms with E-state index in [0.29, 0.717) is 12.8 Å². The van der Waals surface area contributed by atoms with Crippen LogP contribution in [0, 0.1) is 0 Å². The molecule has 598 valence electrons. The van der Waals surface area contributed by atoms with Gasteiger partial charge in [-0.3, -0.25) is 9.59 Å². The van der Waals surface area contributed by atoms with Crippen molar-refractivity contribution in [1.82, 2.24) is 10.6 Å². The monoisotopic (exact) mass is 1470 g/mol. The van der Waals surface area contributed by atoms with E-state index in [4.69, 9.17) is 47.4 Å². The third-order valence-electron chi connectivity index (χ3n) is 20.2. The van der Waals surface area contributed by atoms with Crippen LogP contribution in [0.1, 0.15) is 226 Å². The molecular weight excluding hydrogens is 1340 g/mol. The smallest absolute Gasteiger partial charge is 0.220 e. The minimum Gasteiger partial charge on any atom is -0.394 e. The number of ether oxygens (including phenoxy) is 10. The van der Waals surface area contributed by atoms with Gasteiger partial charge in [0.1, 0.15) is 122 Å². The third kappa shape index (κ3) is 29.2. The molecule has 5 aliphatic heterocycles. The van der Waals surface area contributed by atoms with E-state index in [9.17, 15) is 91.3 Å². The molecule has 5 saturated heterocycles. The maximum absolute atomic E-state index is 13.5. The van der Waals surface area contributed by atoms with Crippen LogP contribution in [0.5, 0.6) is 0 Å². The Bertz CT molecular complexity index is 2220. The van der Waals surface area contributed by atoms with Crippen LogP contribution in [-0.2, 0) is 57.0 Å². The van der Waals surface area contributed by atoms with Crippen molar-refractivity contribution in [2.24, 2.45) is 0 Å². The summed E-state index contributed by atoms with van der Waals surface area (Å²) in [7, 11) is 0. The zero-order valence-corrected chi connectivity index (χ0v) is 60.7. The number of amides is 2. The Hall–Kier alpha value is -2.36. The van der Waals surface area contributed by atoms with Gasteiger partial charge in [-0.25, -0.2) is 0 Å². The van der Waals surface area contributed by atoms with Crippen LogP contribution in [0.4, 0.5) is 0 Å². The van der Waals surface area contributed by atoms with E-state index in [1.807, 2.05) is 6.08 Å². The lowest BCUT2D eigenvalue weighted by Gasteiger charge is -2.50. The number of unbranched alkanes of at least 4 members (excludes halogenated alkanes) is 29. The number of nitrogens with one attached hydrogen (secondary N) is 2. The largest absolute Gasteiger partial charge is 0.394 e. The van der Waals surface area contributed by atoms with Crippen molar-refractivity contribution in [2.75, 3.05) is 39.6 Å². The number of carbonyl (C=O) groups excluding carboxylic acids is 2. The van der Waals surface area contributed by atoms with Crippen molar-refractivity contribution >= 4 is 11.8 Å². The molecule has 5 rings (SSSR count). The minimum atomic E-state index is -2.15. The Kier molecular flexibility index (Phi) is 44.6. The fourth-order valence-corrected chi connectivity index (χ4v) is 13.9. The summed E-state index contributed by atoms with van der Waals surface area (Å²) in [6.45, 7) is 0.357. The van der Waals surface area contributed by atoms with Gasteiger partial charge in [-0.2, -0.15) is 0 Å². The number of aliphatic hydroxyl groups excluding tert-OH is 16. The maximum atomic E-state index is 13.5. The van der Waals surface area contributed by atoms with Crippen molar-refractivity contribution in [3.63, 3.8) is 0 Å². The summed E-state index contributed by atoms with van der Waals surface area (Å²) in [5, 5.41) is 181. The lowest BCUT2D eigenvalue weighted by atomic mass is 9.94. The standard InChI is InChI=1S/C72H132N2O28/c1-4-6-8-10-12-14-16-18-19-20-21-22-23-25-27-29-31-33-35-37-52(82)74-45(46(81)36-34-32-30-28-26-24-17-15-13-11-9-7-5-2)43-93-69-61(90)59(88)65(51(42-79)98-69)100-72-62(91)66(55(84)48(39-76)96-72)101-68-53(73-44(3)80)57(86)64(50(41-78)97-68)99-71-63(92)67(56(85)49(40-77)95-71)102-70-60(89)58(87)54(83)47(38-75)94-70/h34,36,45-51,53-72,75-79,81,83-92H,4-33,35,37-43H2,1-3H3,(H,73,80)(H,74,82)/b36-34+/t45-,46+,47?,48?,49?,50?,51?,53?,54-,55-,56-,57+,58-,59+,60?,61?,62?,63?,64+,65+,66-,67-,68-,69+,70+,71-,72-/m0/s1. The molecule has 27 atom stereocenters. The summed E-state index contributed by atoms with van der Waals surface area (Å²) in [6.07, 6.45) is -5.79. The van der Waals surface area contributed by atoms with Crippen molar-refractivity contribution in [3.05, 3.63) is 12.2 Å². The van der Waals surface area contributed by atoms with Crippen LogP contribution < -0.4 is 10.6 Å². The molecule has 0 bridgehead atoms. The van der Waals surface area contributed by atoms with Crippen LogP contribution in [0.3, 0.4) is 0 Å². The fraction of sp³-hybridized carbons (Fsp3) is 0.944. The molecule has 0 aromatic heterocycles. The van der Waals surface area contributed by atoms with E-state index in [2.05, 4.69) is 24.5 Å². The second kappa shape index (κ2) is 50.4. The highest BCUT2D eigenvalue weighted by Gasteiger charge is 2.57. The van der Waals surface area contributed by atoms with E-state index in [1.54, 1.807) is 6.08 Å². The zero-order chi connectivity index (χ0) is 74.5. The van der Waals surface area contributed by atoms with E-state index in [1.165, 1.54) is 141 Å². The lowest BCUT2D eigenvalue weighted by molar-refractivity contribution is -0.387. The van der Waals surface area contributed by atoms with Gasteiger partial charge in [-0.15, -0.1) is 0 Å². The first-order chi connectivity index (χ1) is 49.2. The SMILES string of the molecule is CCCCCCCCCCCCC/C=C/[C@@H](O)[C@H](CO[C@@H]1OC(CO)[C@@H](O[C@@H]2OC(CO)[C@H](O)[C@H](O[C@@H]3OC(CO)[C@@H](O[C@@H]4OC(CO)[C@H](O)[C@H](O[C@H]5OC(CO)[C@H](O)[C@H](O)C5O)C4O)[C@H](O)C3NC(C)=O)C2O)[C@H](O)C1O)NC(=O)CCCCCCCCCCCCCCCCCCCCC. The van der Waals surface area contributed by atoms with Gasteiger partial charge in [0.05, 0.1) is 51.8 Å². The van der Waals surface area contributed by atoms with Gasteiger partial charge in [0.2, 0.25) is 11.8 Å². The predicted molar refractivity (Wildman–Crippen MR) is 368 cm³/mol. The van der Waals surface area contributed by atoms with Gasteiger partial charge in [0, 0.05) is 13.3 Å². The Labute approximate surface area is 602 Å². The molecule has 18 N–H and O–H groups in total. The molecule has 102 heavy (non-hydrogen) atoms. The summed E-state index contributed by atoms with van der Waals surface area (Å²) in [5.74, 6) is -1.15. The summed E-state index contributed by atoms with van der Waals surface area (Å²) < 4.78 is 58.4. The van der Waals surface area contributed by atoms with Crippen LogP contribution in [-0.4, -0.2) is 299 Å². The molecule has 0 aromatic rings. The summed E-state index contributed by atoms with van der Waals surface area (Å²) in [6, 6.07) is -2.81. The van der Waals surface area contributed by atoms with Gasteiger partial charge in [0.25, 0.3) is 0 Å². The highest BCUT2D eigenvalue weighted by molar-refractivity contribution is 5.76. The molecule has 30 nitrogen and oxygen atoms in total. The lowest BCUT2D eigenvalue weighted by Crippen LogP contribution is -2.70. The topological polar surface area (TPSA) is 474 Å². The summed E-state index contributed by atoms with van der Waals surface area (Å²) in [5.41, 5.74) is 0. The van der Waals surface area contributed by atoms with Crippen LogP contribution in [0.2, 0.25) is 0 Å². The maximum Gasteiger partial charge on any atom is 0.220 e. The molecule has 0 spiro atoms. The quantitative estimate of drug-likeness (QED) is 0.0300. The van der Waals surface area contributed by atoms with Crippen molar-refractivity contribution < 1.29 is 139 Å². The number of hydrogen-bond donors (Lipinski definition) is 18. The van der Waals surface area contributed by atoms with Gasteiger partial charge < -0.3 is 140 Å². The number of hydrogen-bond acceptors (Lipinski definition) is 28. The molecule has 10 unspecified atom stereocenters. The third-order valence-corrected chi connectivity index (χ3v) is 20.2. The summed E-state index contributed by atoms with van der Waals surface area (Å²) >= 11 is 0. The molecule has 30 heteroatoms. The number of aliphatic hydroxyl groups is 16. The van der Waals surface area contributed by atoms with Crippen LogP contribution in [0.25, 0.3) is 0 Å². The van der Waals surface area contributed by atoms with E-state index in [0.717, 1.165) is 51.9 Å². The average molecular weight is 1470 g/mol. The van der Waals surface area contributed by atoms with Gasteiger partial charge in [-0.1, -0.05) is 206 Å². The van der Waals surface area contributed by atoms with E-state index in [-0.39, 0.29) is 12.3 Å². The Morgan fingerprint density at radius 3 is 1.15 bits per heavy atom. The first-order valence-corrected chi connectivity index (χ1v) is 38.5. The van der Waals surface area contributed by atoms with E-state index >= 15 is 0 Å². The Morgan fingerprint density at radius 2 is 0.725 bits per heavy atom. The molecule has 0 saturated carbocycles. The number of carbonyl (C=O) groups is 2. The molecule has 5 aliphatic rings. The number of allylic oxidation sites excluding steroid dienone is 1. The average Bonchev–Trinajstić information content (AvgIpc) is 0.774. The highest BCUT2D eigenvalue weighted by Crippen LogP contribution is 2.37. The first-order valence-electron chi connectivity index (χ1n) is 38.5. The molecule has 5 heterocycles. The normalized spacial score (nSPS) is 35.2. The minimum absolute atomic E-state index is 0.193. The highest BCUT2D eigenvalue weighted by atomic mass is 16.8. The van der Waals surface area contributed by atoms with Crippen molar-refractivity contribution in [2.45, 2.75) is 392 Å². The Balaban J connectivity index is 1.18. The summed E-state index contributed by atoms with van der Waals surface area (Å²) in [4.78, 5) is 26.3. The molecule has 5 fully saturated rings. The number of rotatable bonds is 52. The molecular formula is C72H132N2O28. The molecule has 2 amide bonds. The van der Waals surface area contributed by atoms with Crippen LogP contribution >= 0.6 is 0 Å². The molecule has 0 radical (unpaired) electrons. The van der Waals surface area contributed by atoms with E-state index < -0.39 is 211 Å². The van der Waals surface area contributed by atoms with Gasteiger partial charge in [-0.05, 0) is 19.3 Å². The van der Waals surface area contributed by atoms with Gasteiger partial charge in [0.15, 0.2) is 31.5 Å². The zero-order valence-electron chi connectivity index (χ0n) is 60.7.